The van der Waals surface area contributed by atoms with Crippen molar-refractivity contribution in [2.24, 2.45) is 5.73 Å². The van der Waals surface area contributed by atoms with Crippen LogP contribution in [0.5, 0.6) is 5.88 Å². The summed E-state index contributed by atoms with van der Waals surface area (Å²) in [5.41, 5.74) is 6.53. The molecule has 4 nitrogen and oxygen atoms in total. The highest BCUT2D eigenvalue weighted by atomic mass is 16.5. The summed E-state index contributed by atoms with van der Waals surface area (Å²) >= 11 is 0. The number of hydrogen-bond donors (Lipinski definition) is 1. The first-order chi connectivity index (χ1) is 6.50. The molecule has 0 amide bonds. The molecule has 0 atom stereocenters. The molecule has 1 aromatic heterocycles. The average Bonchev–Trinajstić information content (AvgIpc) is 2.47. The van der Waals surface area contributed by atoms with Gasteiger partial charge in [-0.25, -0.2) is 4.68 Å². The van der Waals surface area contributed by atoms with Gasteiger partial charge in [-0.1, -0.05) is 0 Å². The van der Waals surface area contributed by atoms with Gasteiger partial charge in [0.25, 0.3) is 0 Å². The maximum absolute atomic E-state index is 5.51. The third-order valence-corrected chi connectivity index (χ3v) is 2.04. The van der Waals surface area contributed by atoms with E-state index in [0.29, 0.717) is 6.54 Å². The van der Waals surface area contributed by atoms with Crippen molar-refractivity contribution in [3.8, 4) is 5.88 Å². The van der Waals surface area contributed by atoms with Crippen molar-refractivity contribution in [3.05, 3.63) is 11.8 Å². The van der Waals surface area contributed by atoms with Crippen molar-refractivity contribution in [2.75, 3.05) is 13.7 Å². The van der Waals surface area contributed by atoms with Gasteiger partial charge in [-0.15, -0.1) is 0 Å². The van der Waals surface area contributed by atoms with Crippen LogP contribution >= 0.6 is 0 Å². The highest BCUT2D eigenvalue weighted by molar-refractivity contribution is 5.25. The van der Waals surface area contributed by atoms with Crippen LogP contribution in [0.15, 0.2) is 6.20 Å². The molecule has 0 saturated carbocycles. The zero-order valence-corrected chi connectivity index (χ0v) is 9.37. The molecule has 1 rings (SSSR count). The van der Waals surface area contributed by atoms with Crippen LogP contribution in [0.1, 0.15) is 26.3 Å². The molecule has 0 aliphatic carbocycles. The molecule has 1 heterocycles. The average molecular weight is 197 g/mol. The molecule has 0 bridgehead atoms. The minimum absolute atomic E-state index is 0.0573. The number of hydrogen-bond acceptors (Lipinski definition) is 3. The topological polar surface area (TPSA) is 53.1 Å². The van der Waals surface area contributed by atoms with Crippen LogP contribution in [0.2, 0.25) is 0 Å². The van der Waals surface area contributed by atoms with E-state index >= 15 is 0 Å². The molecule has 80 valence electrons. The van der Waals surface area contributed by atoms with Crippen molar-refractivity contribution in [1.29, 1.82) is 0 Å². The van der Waals surface area contributed by atoms with Gasteiger partial charge in [-0.3, -0.25) is 0 Å². The Kier molecular flexibility index (Phi) is 3.16. The number of nitrogens with zero attached hydrogens (tertiary/aromatic N) is 2. The van der Waals surface area contributed by atoms with Gasteiger partial charge in [0.2, 0.25) is 5.88 Å². The van der Waals surface area contributed by atoms with Gasteiger partial charge < -0.3 is 10.5 Å². The predicted molar refractivity (Wildman–Crippen MR) is 56.5 cm³/mol. The Morgan fingerprint density at radius 2 is 2.14 bits per heavy atom. The van der Waals surface area contributed by atoms with Gasteiger partial charge in [-0.2, -0.15) is 5.10 Å². The van der Waals surface area contributed by atoms with E-state index < -0.39 is 0 Å². The van der Waals surface area contributed by atoms with Crippen LogP contribution in [0.4, 0.5) is 0 Å². The van der Waals surface area contributed by atoms with Crippen LogP contribution in [0.3, 0.4) is 0 Å². The Balaban J connectivity index is 3.07. The van der Waals surface area contributed by atoms with E-state index in [1.54, 1.807) is 7.11 Å². The third kappa shape index (κ3) is 2.07. The monoisotopic (exact) mass is 197 g/mol. The second kappa shape index (κ2) is 4.00. The fraction of sp³-hybridized carbons (Fsp3) is 0.700. The number of rotatable bonds is 3. The van der Waals surface area contributed by atoms with Crippen LogP contribution in [-0.2, 0) is 12.0 Å². The summed E-state index contributed by atoms with van der Waals surface area (Å²) in [5, 5.41) is 4.31. The second-order valence-corrected chi connectivity index (χ2v) is 4.30. The molecular weight excluding hydrogens is 178 g/mol. The minimum atomic E-state index is -0.0573. The van der Waals surface area contributed by atoms with E-state index in [1.807, 2.05) is 10.9 Å². The van der Waals surface area contributed by atoms with E-state index in [4.69, 9.17) is 10.5 Å². The Morgan fingerprint density at radius 1 is 1.50 bits per heavy atom. The zero-order chi connectivity index (χ0) is 10.8. The van der Waals surface area contributed by atoms with Crippen molar-refractivity contribution < 1.29 is 4.74 Å². The lowest BCUT2D eigenvalue weighted by atomic mass is 10.1. The molecular formula is C10H19N3O. The summed E-state index contributed by atoms with van der Waals surface area (Å²) < 4.78 is 7.23. The zero-order valence-electron chi connectivity index (χ0n) is 9.37. The quantitative estimate of drug-likeness (QED) is 0.790. The number of aromatic nitrogens is 2. The summed E-state index contributed by atoms with van der Waals surface area (Å²) in [5.74, 6) is 0.822. The first kappa shape index (κ1) is 11.0. The minimum Gasteiger partial charge on any atom is -0.481 e. The van der Waals surface area contributed by atoms with Gasteiger partial charge in [-0.05, 0) is 33.7 Å². The molecule has 2 N–H and O–H groups in total. The smallest absolute Gasteiger partial charge is 0.215 e. The van der Waals surface area contributed by atoms with E-state index in [1.165, 1.54) is 0 Å². The Labute approximate surface area is 85.0 Å². The van der Waals surface area contributed by atoms with Gasteiger partial charge in [0, 0.05) is 5.56 Å². The van der Waals surface area contributed by atoms with E-state index in [9.17, 15) is 0 Å². The van der Waals surface area contributed by atoms with Gasteiger partial charge in [0.15, 0.2) is 0 Å². The summed E-state index contributed by atoms with van der Waals surface area (Å²) in [6.45, 7) is 6.89. The highest BCUT2D eigenvalue weighted by Crippen LogP contribution is 2.25. The van der Waals surface area contributed by atoms with Crippen molar-refractivity contribution >= 4 is 0 Å². The lowest BCUT2D eigenvalue weighted by Gasteiger charge is -2.21. The summed E-state index contributed by atoms with van der Waals surface area (Å²) in [6, 6.07) is 0. The fourth-order valence-corrected chi connectivity index (χ4v) is 1.39. The number of nitrogens with two attached hydrogens (primary N) is 1. The predicted octanol–water partition coefficient (Wildman–Crippen LogP) is 1.15. The number of ether oxygens (including phenoxy) is 1. The lowest BCUT2D eigenvalue weighted by molar-refractivity contribution is 0.280. The Hall–Kier alpha value is -1.03. The molecule has 0 spiro atoms. The largest absolute Gasteiger partial charge is 0.481 e. The summed E-state index contributed by atoms with van der Waals surface area (Å²) in [6.07, 6.45) is 2.64. The van der Waals surface area contributed by atoms with Gasteiger partial charge in [0.1, 0.15) is 0 Å². The summed E-state index contributed by atoms with van der Waals surface area (Å²) in [4.78, 5) is 0. The van der Waals surface area contributed by atoms with Crippen LogP contribution < -0.4 is 10.5 Å². The molecule has 0 saturated heterocycles. The molecule has 4 heteroatoms. The van der Waals surface area contributed by atoms with Crippen LogP contribution in [0.25, 0.3) is 0 Å². The van der Waals surface area contributed by atoms with Crippen molar-refractivity contribution in [2.45, 2.75) is 32.7 Å². The van der Waals surface area contributed by atoms with Crippen molar-refractivity contribution in [1.82, 2.24) is 9.78 Å². The highest BCUT2D eigenvalue weighted by Gasteiger charge is 2.20. The maximum Gasteiger partial charge on any atom is 0.215 e. The van der Waals surface area contributed by atoms with E-state index in [-0.39, 0.29) is 5.54 Å². The molecule has 0 aliphatic rings. The molecule has 0 fully saturated rings. The first-order valence-electron chi connectivity index (χ1n) is 4.82. The normalized spacial score (nSPS) is 11.8. The van der Waals surface area contributed by atoms with E-state index in [0.717, 1.165) is 17.9 Å². The molecule has 0 aromatic carbocycles. The molecule has 0 unspecified atom stereocenters. The van der Waals surface area contributed by atoms with Crippen LogP contribution in [0, 0.1) is 0 Å². The standard InChI is InChI=1S/C10H19N3O/c1-10(2,3)13-9(14-4)8(5-6-11)7-12-13/h7H,5-6,11H2,1-4H3. The SMILES string of the molecule is COc1c(CCN)cnn1C(C)(C)C. The molecule has 14 heavy (non-hydrogen) atoms. The van der Waals surface area contributed by atoms with Crippen molar-refractivity contribution in [3.63, 3.8) is 0 Å². The molecule has 1 aromatic rings. The van der Waals surface area contributed by atoms with E-state index in [2.05, 4.69) is 25.9 Å². The molecule has 0 radical (unpaired) electrons. The molecule has 0 aliphatic heterocycles. The fourth-order valence-electron chi connectivity index (χ4n) is 1.39. The lowest BCUT2D eigenvalue weighted by Crippen LogP contribution is -2.23. The second-order valence-electron chi connectivity index (χ2n) is 4.30. The Bertz CT molecular complexity index is 299. The van der Waals surface area contributed by atoms with Gasteiger partial charge >= 0.3 is 0 Å². The third-order valence-electron chi connectivity index (χ3n) is 2.04. The maximum atomic E-state index is 5.51. The first-order valence-corrected chi connectivity index (χ1v) is 4.82. The summed E-state index contributed by atoms with van der Waals surface area (Å²) in [7, 11) is 1.67. The van der Waals surface area contributed by atoms with Gasteiger partial charge in [0.05, 0.1) is 18.8 Å². The van der Waals surface area contributed by atoms with Crippen LogP contribution in [-0.4, -0.2) is 23.4 Å². The Morgan fingerprint density at radius 3 is 2.57 bits per heavy atom. The number of methoxy groups -OCH3 is 1.